The van der Waals surface area contributed by atoms with Crippen LogP contribution >= 0.6 is 0 Å². The van der Waals surface area contributed by atoms with E-state index in [0.717, 1.165) is 12.5 Å². The second-order valence-corrected chi connectivity index (χ2v) is 4.86. The first-order valence-corrected chi connectivity index (χ1v) is 5.53. The Hall–Kier alpha value is -0.880. The smallest absolute Gasteiger partial charge is 0.136 e. The number of nitrogens with zero attached hydrogens (tertiary/aromatic N) is 2. The molecule has 0 radical (unpaired) electrons. The minimum atomic E-state index is -0.0674. The molecule has 4 unspecified atom stereocenters. The van der Waals surface area contributed by atoms with Gasteiger partial charge < -0.3 is 5.32 Å². The van der Waals surface area contributed by atoms with Crippen LogP contribution in [-0.2, 0) is 0 Å². The summed E-state index contributed by atoms with van der Waals surface area (Å²) in [6, 6.07) is 3.47. The summed E-state index contributed by atoms with van der Waals surface area (Å²) in [7, 11) is 0. The van der Waals surface area contributed by atoms with Crippen LogP contribution in [0.5, 0.6) is 0 Å². The molecule has 2 saturated carbocycles. The summed E-state index contributed by atoms with van der Waals surface area (Å²) < 4.78 is 0. The Morgan fingerprint density at radius 3 is 2.93 bits per heavy atom. The van der Waals surface area contributed by atoms with E-state index in [1.165, 1.54) is 18.6 Å². The van der Waals surface area contributed by atoms with Crippen molar-refractivity contribution in [2.24, 2.45) is 16.8 Å². The van der Waals surface area contributed by atoms with Gasteiger partial charge in [-0.2, -0.15) is 5.26 Å². The highest BCUT2D eigenvalue weighted by atomic mass is 15.1. The molecule has 2 fully saturated rings. The van der Waals surface area contributed by atoms with Gasteiger partial charge in [0, 0.05) is 17.7 Å². The fraction of sp³-hybridized carbons (Fsp3) is 0.818. The summed E-state index contributed by atoms with van der Waals surface area (Å²) in [6.45, 7) is 2.25. The van der Waals surface area contributed by atoms with E-state index >= 15 is 0 Å². The fourth-order valence-electron chi connectivity index (χ4n) is 2.56. The zero-order valence-corrected chi connectivity index (χ0v) is 8.40. The molecule has 0 saturated heterocycles. The zero-order chi connectivity index (χ0) is 9.71. The lowest BCUT2D eigenvalue weighted by molar-refractivity contribution is 0.429. The highest BCUT2D eigenvalue weighted by molar-refractivity contribution is 6.08. The van der Waals surface area contributed by atoms with E-state index < -0.39 is 0 Å². The van der Waals surface area contributed by atoms with Crippen molar-refractivity contribution < 1.29 is 0 Å². The maximum absolute atomic E-state index is 8.85. The molecule has 3 rings (SSSR count). The van der Waals surface area contributed by atoms with Gasteiger partial charge in [-0.3, -0.25) is 4.99 Å². The van der Waals surface area contributed by atoms with Gasteiger partial charge >= 0.3 is 0 Å². The SMILES string of the molecule is CC1CC(C#N)N=C2C(NC3CC3)C21. The van der Waals surface area contributed by atoms with E-state index in [1.54, 1.807) is 0 Å². The van der Waals surface area contributed by atoms with Crippen LogP contribution in [-0.4, -0.2) is 23.8 Å². The van der Waals surface area contributed by atoms with Gasteiger partial charge in [0.05, 0.1) is 12.1 Å². The van der Waals surface area contributed by atoms with Crippen molar-refractivity contribution in [1.29, 1.82) is 5.26 Å². The van der Waals surface area contributed by atoms with Crippen LogP contribution in [0.25, 0.3) is 0 Å². The van der Waals surface area contributed by atoms with Crippen molar-refractivity contribution >= 4 is 5.71 Å². The molecule has 4 atom stereocenters. The lowest BCUT2D eigenvalue weighted by Gasteiger charge is -2.14. The van der Waals surface area contributed by atoms with E-state index in [4.69, 9.17) is 5.26 Å². The van der Waals surface area contributed by atoms with E-state index in [-0.39, 0.29) is 6.04 Å². The summed E-state index contributed by atoms with van der Waals surface area (Å²) in [4.78, 5) is 4.48. The van der Waals surface area contributed by atoms with Crippen molar-refractivity contribution in [1.82, 2.24) is 5.32 Å². The number of fused-ring (bicyclic) bond motifs is 1. The third-order valence-corrected chi connectivity index (χ3v) is 3.56. The van der Waals surface area contributed by atoms with Crippen molar-refractivity contribution in [3.63, 3.8) is 0 Å². The van der Waals surface area contributed by atoms with Crippen LogP contribution in [0, 0.1) is 23.2 Å². The number of nitriles is 1. The van der Waals surface area contributed by atoms with Crippen LogP contribution < -0.4 is 5.32 Å². The van der Waals surface area contributed by atoms with Gasteiger partial charge in [0.25, 0.3) is 0 Å². The number of rotatable bonds is 2. The Labute approximate surface area is 84.2 Å². The zero-order valence-electron chi connectivity index (χ0n) is 8.40. The summed E-state index contributed by atoms with van der Waals surface area (Å²) in [5, 5.41) is 12.5. The highest BCUT2D eigenvalue weighted by Gasteiger charge is 2.53. The Morgan fingerprint density at radius 1 is 1.50 bits per heavy atom. The topological polar surface area (TPSA) is 48.2 Å². The molecule has 0 spiro atoms. The van der Waals surface area contributed by atoms with Gasteiger partial charge in [0.1, 0.15) is 6.04 Å². The monoisotopic (exact) mass is 189 g/mol. The van der Waals surface area contributed by atoms with Gasteiger partial charge in [-0.05, 0) is 25.2 Å². The van der Waals surface area contributed by atoms with Gasteiger partial charge in [0.2, 0.25) is 0 Å². The van der Waals surface area contributed by atoms with Crippen molar-refractivity contribution in [3.05, 3.63) is 0 Å². The molecule has 0 aromatic rings. The molecule has 3 nitrogen and oxygen atoms in total. The van der Waals surface area contributed by atoms with Gasteiger partial charge in [-0.25, -0.2) is 0 Å². The van der Waals surface area contributed by atoms with Gasteiger partial charge in [0.15, 0.2) is 0 Å². The number of hydrogen-bond acceptors (Lipinski definition) is 3. The predicted octanol–water partition coefficient (Wildman–Crippen LogP) is 1.11. The van der Waals surface area contributed by atoms with E-state index in [2.05, 4.69) is 23.3 Å². The molecule has 3 heteroatoms. The van der Waals surface area contributed by atoms with E-state index in [9.17, 15) is 0 Å². The van der Waals surface area contributed by atoms with Crippen LogP contribution in [0.1, 0.15) is 26.2 Å². The number of nitrogens with one attached hydrogen (secondary N) is 1. The first kappa shape index (κ1) is 8.43. The standard InChI is InChI=1S/C11H15N3/c1-6-4-8(5-12)14-11-9(6)10(11)13-7-2-3-7/h6-10,13H,2-4H2,1H3. The number of aliphatic imine (C=N–C) groups is 1. The second kappa shape index (κ2) is 2.80. The molecule has 0 aromatic carbocycles. The Kier molecular flexibility index (Phi) is 1.69. The molecule has 1 heterocycles. The molecule has 0 amide bonds. The fourth-order valence-corrected chi connectivity index (χ4v) is 2.56. The largest absolute Gasteiger partial charge is 0.306 e. The van der Waals surface area contributed by atoms with Gasteiger partial charge in [-0.1, -0.05) is 6.92 Å². The lowest BCUT2D eigenvalue weighted by Crippen LogP contribution is -2.22. The quantitative estimate of drug-likeness (QED) is 0.707. The summed E-state index contributed by atoms with van der Waals surface area (Å²) in [5.74, 6) is 1.29. The van der Waals surface area contributed by atoms with Crippen LogP contribution in [0.3, 0.4) is 0 Å². The minimum Gasteiger partial charge on any atom is -0.306 e. The molecule has 14 heavy (non-hydrogen) atoms. The van der Waals surface area contributed by atoms with Crippen LogP contribution in [0.2, 0.25) is 0 Å². The third-order valence-electron chi connectivity index (χ3n) is 3.56. The molecular formula is C11H15N3. The summed E-state index contributed by atoms with van der Waals surface area (Å²) in [5.41, 5.74) is 1.28. The summed E-state index contributed by atoms with van der Waals surface area (Å²) >= 11 is 0. The van der Waals surface area contributed by atoms with Crippen LogP contribution in [0.15, 0.2) is 4.99 Å². The average Bonchev–Trinajstić information content (AvgIpc) is 3.05. The first-order chi connectivity index (χ1) is 6.79. The lowest BCUT2D eigenvalue weighted by atomic mass is 9.95. The van der Waals surface area contributed by atoms with E-state index in [1.807, 2.05) is 0 Å². The van der Waals surface area contributed by atoms with Crippen LogP contribution in [0.4, 0.5) is 0 Å². The Balaban J connectivity index is 1.72. The Morgan fingerprint density at radius 2 is 2.29 bits per heavy atom. The maximum Gasteiger partial charge on any atom is 0.136 e. The Bertz CT molecular complexity index is 324. The second-order valence-electron chi connectivity index (χ2n) is 4.86. The molecule has 3 aliphatic rings. The highest BCUT2D eigenvalue weighted by Crippen LogP contribution is 2.42. The molecule has 1 aliphatic heterocycles. The molecule has 0 bridgehead atoms. The number of hydrogen-bond donors (Lipinski definition) is 1. The normalized spacial score (nSPS) is 45.0. The summed E-state index contributed by atoms with van der Waals surface area (Å²) in [6.07, 6.45) is 3.60. The van der Waals surface area contributed by atoms with Crippen molar-refractivity contribution in [2.75, 3.05) is 0 Å². The molecule has 0 aromatic heterocycles. The molecule has 74 valence electrons. The molecule has 1 N–H and O–H groups in total. The predicted molar refractivity (Wildman–Crippen MR) is 54.1 cm³/mol. The average molecular weight is 189 g/mol. The minimum absolute atomic E-state index is 0.0674. The maximum atomic E-state index is 8.85. The molecular weight excluding hydrogens is 174 g/mol. The first-order valence-electron chi connectivity index (χ1n) is 5.53. The third kappa shape index (κ3) is 1.26. The van der Waals surface area contributed by atoms with Crippen molar-refractivity contribution in [3.8, 4) is 6.07 Å². The van der Waals surface area contributed by atoms with Gasteiger partial charge in [-0.15, -0.1) is 0 Å². The van der Waals surface area contributed by atoms with E-state index in [0.29, 0.717) is 17.9 Å². The molecule has 2 aliphatic carbocycles. The van der Waals surface area contributed by atoms with Crippen molar-refractivity contribution in [2.45, 2.75) is 44.3 Å².